The van der Waals surface area contributed by atoms with Crippen molar-refractivity contribution in [2.45, 2.75) is 47.5 Å². The summed E-state index contributed by atoms with van der Waals surface area (Å²) in [6, 6.07) is 0. The Kier molecular flexibility index (Phi) is 9.37. The Morgan fingerprint density at radius 1 is 0.812 bits per heavy atom. The molecule has 0 fully saturated rings. The molecule has 0 aromatic heterocycles. The zero-order valence-corrected chi connectivity index (χ0v) is 14.3. The van der Waals surface area contributed by atoms with Gasteiger partial charge in [0.2, 0.25) is 0 Å². The van der Waals surface area contributed by atoms with Crippen LogP contribution >= 0.6 is 5.81 Å². The number of unbranched alkanes of at least 4 members (excludes halogenated alkanes) is 1. The van der Waals surface area contributed by atoms with Crippen molar-refractivity contribution in [1.82, 2.24) is 9.34 Å². The van der Waals surface area contributed by atoms with E-state index in [0.29, 0.717) is 0 Å². The van der Waals surface area contributed by atoms with Crippen LogP contribution in [0.1, 0.15) is 47.5 Å². The fourth-order valence-electron chi connectivity index (χ4n) is 2.16. The van der Waals surface area contributed by atoms with Crippen LogP contribution in [0.2, 0.25) is 0 Å². The van der Waals surface area contributed by atoms with Gasteiger partial charge in [0.1, 0.15) is 0 Å². The molecule has 0 saturated carbocycles. The average molecular weight is 311 g/mol. The molecule has 0 heterocycles. The summed E-state index contributed by atoms with van der Waals surface area (Å²) in [7, 11) is 0. The molecule has 0 aliphatic rings. The second-order valence-corrected chi connectivity index (χ2v) is 10.6. The van der Waals surface area contributed by atoms with Gasteiger partial charge in [-0.2, -0.15) is 0 Å². The second kappa shape index (κ2) is 8.89. The summed E-state index contributed by atoms with van der Waals surface area (Å²) in [6.07, 6.45) is 3.98. The van der Waals surface area contributed by atoms with E-state index >= 15 is 0 Å². The third-order valence-electron chi connectivity index (χ3n) is 3.15. The van der Waals surface area contributed by atoms with Crippen LogP contribution in [0, 0.1) is 0 Å². The predicted octanol–water partition coefficient (Wildman–Crippen LogP) is 3.40. The Morgan fingerprint density at radius 2 is 1.19 bits per heavy atom. The van der Waals surface area contributed by atoms with Crippen LogP contribution in [0.4, 0.5) is 0 Å². The number of nitrogens with zero attached hydrogens (tertiary/aromatic N) is 2. The van der Waals surface area contributed by atoms with E-state index in [4.69, 9.17) is 0 Å². The van der Waals surface area contributed by atoms with Crippen LogP contribution < -0.4 is 0 Å². The number of rotatable bonds is 9. The zero-order valence-electron chi connectivity index (χ0n) is 11.7. The summed E-state index contributed by atoms with van der Waals surface area (Å²) >= 11 is 3.59. The Labute approximate surface area is 110 Å². The van der Waals surface area contributed by atoms with Gasteiger partial charge in [0.25, 0.3) is 0 Å². The van der Waals surface area contributed by atoms with Crippen molar-refractivity contribution in [2.24, 2.45) is 0 Å². The molecule has 0 aliphatic heterocycles. The first-order chi connectivity index (χ1) is 7.60. The van der Waals surface area contributed by atoms with Crippen molar-refractivity contribution in [3.8, 4) is 0 Å². The van der Waals surface area contributed by atoms with Gasteiger partial charge in [-0.1, -0.05) is 0 Å². The third-order valence-corrected chi connectivity index (χ3v) is 11.0. The molecule has 2 nitrogen and oxygen atoms in total. The second-order valence-electron chi connectivity index (χ2n) is 4.02. The van der Waals surface area contributed by atoms with E-state index in [1.165, 1.54) is 19.0 Å². The van der Waals surface area contributed by atoms with Crippen molar-refractivity contribution in [3.05, 3.63) is 0 Å². The van der Waals surface area contributed by atoms with Crippen molar-refractivity contribution in [1.29, 1.82) is 0 Å². The van der Waals surface area contributed by atoms with E-state index in [-0.39, 0.29) is 0 Å². The van der Waals surface area contributed by atoms with Gasteiger partial charge < -0.3 is 0 Å². The summed E-state index contributed by atoms with van der Waals surface area (Å²) in [5, 5.41) is 0. The molecule has 4 heteroatoms. The molecule has 98 valence electrons. The van der Waals surface area contributed by atoms with E-state index in [0.717, 1.165) is 26.2 Å². The van der Waals surface area contributed by atoms with E-state index < -0.39 is 5.81 Å². The molecule has 0 aromatic carbocycles. The predicted molar refractivity (Wildman–Crippen MR) is 78.3 cm³/mol. The third kappa shape index (κ3) is 4.27. The van der Waals surface area contributed by atoms with Crippen LogP contribution in [-0.4, -0.2) is 56.8 Å². The summed E-state index contributed by atoms with van der Waals surface area (Å²) in [6.45, 7) is 16.1. The molecule has 0 atom stereocenters. The van der Waals surface area contributed by atoms with E-state index in [1.807, 2.05) is 0 Å². The molecule has 0 N–H and O–H groups in total. The van der Waals surface area contributed by atoms with Gasteiger partial charge in [0.15, 0.2) is 0 Å². The van der Waals surface area contributed by atoms with Crippen molar-refractivity contribution in [3.63, 3.8) is 0 Å². The molecule has 0 spiro atoms. The molecule has 0 amide bonds. The molecule has 0 unspecified atom stereocenters. The minimum atomic E-state index is -1.16. The van der Waals surface area contributed by atoms with Gasteiger partial charge in [0.05, 0.1) is 0 Å². The Bertz CT molecular complexity index is 197. The summed E-state index contributed by atoms with van der Waals surface area (Å²) < 4.78 is 5.32. The maximum absolute atomic E-state index is 3.59. The molecule has 0 aromatic rings. The van der Waals surface area contributed by atoms with Crippen LogP contribution in [0.15, 0.2) is 0 Å². The normalized spacial score (nSPS) is 12.7. The fraction of sp³-hybridized carbons (Fsp3) is 1.00. The Morgan fingerprint density at radius 3 is 1.44 bits per heavy atom. The molecule has 0 aliphatic carbocycles. The van der Waals surface area contributed by atoms with Crippen LogP contribution in [0.25, 0.3) is 0 Å². The molecule has 0 saturated heterocycles. The minimum absolute atomic E-state index is 1.16. The van der Waals surface area contributed by atoms with Gasteiger partial charge in [-0.3, -0.25) is 0 Å². The topological polar surface area (TPSA) is 6.48 Å². The first-order valence-corrected chi connectivity index (χ1v) is 10.8. The van der Waals surface area contributed by atoms with Crippen molar-refractivity contribution in [2.75, 3.05) is 32.3 Å². The van der Waals surface area contributed by atoms with Crippen molar-refractivity contribution < 1.29 is 0 Å². The molecular formula is C12H29N2PSe. The molecule has 0 rings (SSSR count). The SMILES string of the molecule is CCCCP(=[Se])(N(CC)CC)N(CC)CC. The fourth-order valence-corrected chi connectivity index (χ4v) is 9.30. The quantitative estimate of drug-likeness (QED) is 0.476. The van der Waals surface area contributed by atoms with E-state index in [1.54, 1.807) is 0 Å². The standard InChI is InChI=1S/C12H29N2PSe/c1-6-11-12-15(16,13(7-2)8-3)14(9-4)10-5/h6-12H2,1-5H3. The Hall–Kier alpha value is 0.869. The maximum atomic E-state index is 3.59. The molecule has 0 bridgehead atoms. The van der Waals surface area contributed by atoms with Gasteiger partial charge in [-0.05, 0) is 0 Å². The summed E-state index contributed by atoms with van der Waals surface area (Å²) in [5.41, 5.74) is 0. The molecule has 16 heavy (non-hydrogen) atoms. The summed E-state index contributed by atoms with van der Waals surface area (Å²) in [4.78, 5) is 0. The van der Waals surface area contributed by atoms with Crippen LogP contribution in [0.5, 0.6) is 0 Å². The zero-order chi connectivity index (χ0) is 12.6. The van der Waals surface area contributed by atoms with Gasteiger partial charge in [0, 0.05) is 0 Å². The molecule has 0 radical (unpaired) electrons. The summed E-state index contributed by atoms with van der Waals surface area (Å²) in [5.74, 6) is -1.16. The number of hydrogen-bond acceptors (Lipinski definition) is 2. The van der Waals surface area contributed by atoms with Crippen molar-refractivity contribution >= 4 is 20.9 Å². The van der Waals surface area contributed by atoms with E-state index in [9.17, 15) is 0 Å². The molecular weight excluding hydrogens is 282 g/mol. The Balaban J connectivity index is 4.91. The number of hydrogen-bond donors (Lipinski definition) is 0. The first kappa shape index (κ1) is 16.9. The van der Waals surface area contributed by atoms with Crippen LogP contribution in [0.3, 0.4) is 0 Å². The first-order valence-electron chi connectivity index (χ1n) is 6.70. The van der Waals surface area contributed by atoms with Gasteiger partial charge >= 0.3 is 110 Å². The average Bonchev–Trinajstić information content (AvgIpc) is 2.29. The van der Waals surface area contributed by atoms with Gasteiger partial charge in [-0.15, -0.1) is 0 Å². The van der Waals surface area contributed by atoms with Gasteiger partial charge in [-0.25, -0.2) is 0 Å². The van der Waals surface area contributed by atoms with Crippen LogP contribution in [-0.2, 0) is 0 Å². The monoisotopic (exact) mass is 312 g/mol. The van der Waals surface area contributed by atoms with E-state index in [2.05, 4.69) is 59.1 Å².